The Balaban J connectivity index is 3.29. The third-order valence-electron chi connectivity index (χ3n) is 5.21. The first-order chi connectivity index (χ1) is 15.8. The fourth-order valence-corrected chi connectivity index (χ4v) is 3.43. The monoisotopic (exact) mass is 476 g/mol. The molecule has 190 valence electrons. The lowest BCUT2D eigenvalue weighted by molar-refractivity contribution is -0.141. The van der Waals surface area contributed by atoms with Crippen molar-refractivity contribution >= 4 is 23.8 Å². The van der Waals surface area contributed by atoms with Gasteiger partial charge in [-0.15, -0.1) is 0 Å². The maximum Gasteiger partial charge on any atom is 0.408 e. The molecular formula is C25H40N4O5. The van der Waals surface area contributed by atoms with E-state index in [0.717, 1.165) is 24.0 Å². The fraction of sp³-hybridized carbons (Fsp3) is 0.600. The van der Waals surface area contributed by atoms with Crippen LogP contribution in [0.15, 0.2) is 18.2 Å². The number of nitrogens with two attached hydrogens (primary N) is 1. The number of likely N-dealkylation sites (N-methyl/N-ethyl adjacent to an activating group) is 1. The van der Waals surface area contributed by atoms with Crippen LogP contribution in [0.3, 0.4) is 0 Å². The molecule has 4 N–H and O–H groups in total. The minimum Gasteiger partial charge on any atom is -0.444 e. The average molecular weight is 477 g/mol. The van der Waals surface area contributed by atoms with Gasteiger partial charge in [0, 0.05) is 20.0 Å². The molecule has 2 unspecified atom stereocenters. The van der Waals surface area contributed by atoms with Crippen LogP contribution < -0.4 is 16.4 Å². The fourth-order valence-electron chi connectivity index (χ4n) is 3.43. The van der Waals surface area contributed by atoms with Crippen molar-refractivity contribution in [2.75, 3.05) is 13.6 Å². The number of carbonyl (C=O) groups excluding carboxylic acids is 4. The molecule has 0 saturated heterocycles. The summed E-state index contributed by atoms with van der Waals surface area (Å²) in [5.41, 5.74) is 7.01. The highest BCUT2D eigenvalue weighted by atomic mass is 16.6. The molecule has 4 amide bonds. The third-order valence-corrected chi connectivity index (χ3v) is 5.21. The molecule has 0 aliphatic carbocycles. The molecule has 0 radical (unpaired) electrons. The van der Waals surface area contributed by atoms with Crippen LogP contribution in [0.1, 0.15) is 76.1 Å². The van der Waals surface area contributed by atoms with Crippen molar-refractivity contribution in [3.05, 3.63) is 34.9 Å². The van der Waals surface area contributed by atoms with Crippen LogP contribution in [-0.2, 0) is 19.1 Å². The number of aryl methyl sites for hydroxylation is 2. The van der Waals surface area contributed by atoms with E-state index in [-0.39, 0.29) is 18.7 Å². The van der Waals surface area contributed by atoms with Crippen molar-refractivity contribution in [1.29, 1.82) is 0 Å². The van der Waals surface area contributed by atoms with Crippen LogP contribution in [0, 0.1) is 13.8 Å². The maximum atomic E-state index is 13.5. The van der Waals surface area contributed by atoms with Crippen molar-refractivity contribution in [3.8, 4) is 0 Å². The highest BCUT2D eigenvalue weighted by molar-refractivity contribution is 5.92. The molecule has 0 heterocycles. The van der Waals surface area contributed by atoms with Gasteiger partial charge in [-0.3, -0.25) is 14.4 Å². The Hall–Kier alpha value is -3.10. The number of benzene rings is 1. The van der Waals surface area contributed by atoms with Gasteiger partial charge in [-0.25, -0.2) is 4.79 Å². The molecule has 0 fully saturated rings. The Labute approximate surface area is 202 Å². The minimum atomic E-state index is -1.09. The summed E-state index contributed by atoms with van der Waals surface area (Å²) in [5.74, 6) is -1.44. The lowest BCUT2D eigenvalue weighted by atomic mass is 9.96. The zero-order chi connectivity index (χ0) is 26.1. The van der Waals surface area contributed by atoms with Gasteiger partial charge >= 0.3 is 6.09 Å². The number of nitrogens with one attached hydrogen (secondary N) is 2. The largest absolute Gasteiger partial charge is 0.444 e. The number of alkyl carbamates (subject to hydrolysis) is 1. The predicted octanol–water partition coefficient (Wildman–Crippen LogP) is 2.88. The number of nitrogens with zero attached hydrogens (tertiary/aromatic N) is 1. The van der Waals surface area contributed by atoms with E-state index in [9.17, 15) is 19.2 Å². The Kier molecular flexibility index (Phi) is 11.0. The van der Waals surface area contributed by atoms with Gasteiger partial charge in [0.1, 0.15) is 17.7 Å². The van der Waals surface area contributed by atoms with Crippen LogP contribution in [-0.4, -0.2) is 54.0 Å². The summed E-state index contributed by atoms with van der Waals surface area (Å²) >= 11 is 0. The highest BCUT2D eigenvalue weighted by Gasteiger charge is 2.34. The summed E-state index contributed by atoms with van der Waals surface area (Å²) in [7, 11) is 1.52. The number of carbonyl (C=O) groups is 4. The van der Waals surface area contributed by atoms with E-state index in [1.54, 1.807) is 20.8 Å². The summed E-state index contributed by atoms with van der Waals surface area (Å²) in [5, 5.41) is 5.45. The standard InChI is InChI=1S/C25H40N4O5/c1-8-9-14-27-22(31)21(18-15-16(2)10-11-17(18)3)29(7)23(32)19(12-13-20(26)30)28-24(33)34-25(4,5)6/h10-11,15,19,21H,8-9,12-14H2,1-7H3,(H2,26,30)(H,27,31)(H,28,33). The molecule has 1 rings (SSSR count). The van der Waals surface area contributed by atoms with Crippen LogP contribution in [0.5, 0.6) is 0 Å². The van der Waals surface area contributed by atoms with Gasteiger partial charge in [0.05, 0.1) is 0 Å². The molecule has 0 aromatic heterocycles. The van der Waals surface area contributed by atoms with Gasteiger partial charge in [0.25, 0.3) is 0 Å². The number of hydrogen-bond donors (Lipinski definition) is 3. The van der Waals surface area contributed by atoms with Gasteiger partial charge in [-0.05, 0) is 58.6 Å². The van der Waals surface area contributed by atoms with Gasteiger partial charge in [0.2, 0.25) is 17.7 Å². The molecule has 9 heteroatoms. The van der Waals surface area contributed by atoms with Crippen molar-refractivity contribution in [2.45, 2.75) is 84.9 Å². The highest BCUT2D eigenvalue weighted by Crippen LogP contribution is 2.26. The molecule has 34 heavy (non-hydrogen) atoms. The normalized spacial score (nSPS) is 12.9. The van der Waals surface area contributed by atoms with Crippen LogP contribution >= 0.6 is 0 Å². The lowest BCUT2D eigenvalue weighted by Gasteiger charge is -2.32. The summed E-state index contributed by atoms with van der Waals surface area (Å²) in [4.78, 5) is 51.9. The Bertz CT molecular complexity index is 879. The Morgan fingerprint density at radius 3 is 2.35 bits per heavy atom. The van der Waals surface area contributed by atoms with Crippen LogP contribution in [0.4, 0.5) is 4.79 Å². The summed E-state index contributed by atoms with van der Waals surface area (Å²) in [6.45, 7) is 11.4. The molecule has 0 saturated carbocycles. The van der Waals surface area contributed by atoms with Crippen molar-refractivity contribution < 1.29 is 23.9 Å². The number of hydrogen-bond acceptors (Lipinski definition) is 5. The quantitative estimate of drug-likeness (QED) is 0.423. The Morgan fingerprint density at radius 1 is 1.15 bits per heavy atom. The molecule has 0 aliphatic rings. The topological polar surface area (TPSA) is 131 Å². The predicted molar refractivity (Wildman–Crippen MR) is 131 cm³/mol. The van der Waals surface area contributed by atoms with E-state index in [1.165, 1.54) is 11.9 Å². The number of primary amides is 1. The second-order valence-electron chi connectivity index (χ2n) is 9.56. The number of unbranched alkanes of at least 4 members (excludes halogenated alkanes) is 1. The third kappa shape index (κ3) is 9.41. The summed E-state index contributed by atoms with van der Waals surface area (Å²) in [6.07, 6.45) is 0.799. The molecule has 0 aliphatic heterocycles. The maximum absolute atomic E-state index is 13.5. The van der Waals surface area contributed by atoms with E-state index in [4.69, 9.17) is 10.5 Å². The first kappa shape index (κ1) is 28.9. The molecule has 0 bridgehead atoms. The van der Waals surface area contributed by atoms with Gasteiger partial charge in [0.15, 0.2) is 0 Å². The SMILES string of the molecule is CCCCNC(=O)C(c1cc(C)ccc1C)N(C)C(=O)C(CCC(N)=O)NC(=O)OC(C)(C)C. The lowest BCUT2D eigenvalue weighted by Crippen LogP contribution is -2.52. The van der Waals surface area contributed by atoms with Gasteiger partial charge in [-0.1, -0.05) is 37.1 Å². The first-order valence-corrected chi connectivity index (χ1v) is 11.7. The molecular weight excluding hydrogens is 436 g/mol. The average Bonchev–Trinajstić information content (AvgIpc) is 2.71. The smallest absolute Gasteiger partial charge is 0.408 e. The van der Waals surface area contributed by atoms with E-state index in [1.807, 2.05) is 39.0 Å². The second-order valence-corrected chi connectivity index (χ2v) is 9.56. The van der Waals surface area contributed by atoms with E-state index in [2.05, 4.69) is 10.6 Å². The second kappa shape index (κ2) is 13.0. The number of amides is 4. The van der Waals surface area contributed by atoms with Gasteiger partial charge in [-0.2, -0.15) is 0 Å². The molecule has 1 aromatic carbocycles. The number of rotatable bonds is 11. The van der Waals surface area contributed by atoms with Crippen LogP contribution in [0.25, 0.3) is 0 Å². The molecule has 1 aromatic rings. The summed E-state index contributed by atoms with van der Waals surface area (Å²) in [6, 6.07) is 3.71. The van der Waals surface area contributed by atoms with Crippen molar-refractivity contribution in [2.24, 2.45) is 5.73 Å². The van der Waals surface area contributed by atoms with E-state index >= 15 is 0 Å². The zero-order valence-corrected chi connectivity index (χ0v) is 21.5. The van der Waals surface area contributed by atoms with Gasteiger partial charge < -0.3 is 26.0 Å². The summed E-state index contributed by atoms with van der Waals surface area (Å²) < 4.78 is 5.28. The van der Waals surface area contributed by atoms with Crippen LogP contribution in [0.2, 0.25) is 0 Å². The number of ether oxygens (including phenoxy) is 1. The van der Waals surface area contributed by atoms with Crippen molar-refractivity contribution in [3.63, 3.8) is 0 Å². The minimum absolute atomic E-state index is 0.0191. The van der Waals surface area contributed by atoms with E-state index < -0.39 is 35.6 Å². The molecule has 2 atom stereocenters. The Morgan fingerprint density at radius 2 is 1.79 bits per heavy atom. The van der Waals surface area contributed by atoms with E-state index in [0.29, 0.717) is 12.1 Å². The first-order valence-electron chi connectivity index (χ1n) is 11.7. The van der Waals surface area contributed by atoms with Crippen molar-refractivity contribution in [1.82, 2.24) is 15.5 Å². The molecule has 0 spiro atoms. The zero-order valence-electron chi connectivity index (χ0n) is 21.5. The molecule has 9 nitrogen and oxygen atoms in total.